The van der Waals surface area contributed by atoms with E-state index < -0.39 is 0 Å². The molecule has 0 atom stereocenters. The molecule has 2 nitrogen and oxygen atoms in total. The van der Waals surface area contributed by atoms with E-state index >= 15 is 0 Å². The molecule has 0 aliphatic carbocycles. The van der Waals surface area contributed by atoms with E-state index in [0.29, 0.717) is 35.1 Å². The average Bonchev–Trinajstić information content (AvgIpc) is 2.31. The molecule has 3 heteroatoms. The number of ketones is 1. The van der Waals surface area contributed by atoms with Crippen molar-refractivity contribution < 1.29 is 13.9 Å². The lowest BCUT2D eigenvalue weighted by atomic mass is 9.99. The molecule has 0 saturated carbocycles. The van der Waals surface area contributed by atoms with Gasteiger partial charge in [0.25, 0.3) is 0 Å². The number of Topliss-reactive ketones (excluding diaryl/α,β-unsaturated/α-hetero) is 1. The Balaban J connectivity index is 2.43. The lowest BCUT2D eigenvalue weighted by Crippen LogP contribution is -2.15. The van der Waals surface area contributed by atoms with Crippen LogP contribution < -0.4 is 4.74 Å². The molecule has 0 aromatic heterocycles. The fourth-order valence-electron chi connectivity index (χ4n) is 2.05. The van der Waals surface area contributed by atoms with Gasteiger partial charge in [-0.1, -0.05) is 24.3 Å². The highest BCUT2D eigenvalue weighted by Gasteiger charge is 2.22. The van der Waals surface area contributed by atoms with Gasteiger partial charge in [0.15, 0.2) is 5.78 Å². The number of carbonyl (C=O) groups is 1. The van der Waals surface area contributed by atoms with Crippen LogP contribution >= 0.6 is 0 Å². The standard InChI is InChI=1S/C13H9FO2/c14-11-7-10-12(15)5-6-16-13(10)9-4-2-1-3-8(9)11/h1-4,7H,5-6H2. The minimum atomic E-state index is -0.367. The van der Waals surface area contributed by atoms with Crippen molar-refractivity contribution in [2.24, 2.45) is 0 Å². The monoisotopic (exact) mass is 216 g/mol. The van der Waals surface area contributed by atoms with Crippen LogP contribution in [0.25, 0.3) is 10.8 Å². The van der Waals surface area contributed by atoms with Crippen LogP contribution in [0, 0.1) is 5.82 Å². The molecular weight excluding hydrogens is 207 g/mol. The van der Waals surface area contributed by atoms with E-state index in [1.807, 2.05) is 6.07 Å². The van der Waals surface area contributed by atoms with E-state index in [9.17, 15) is 9.18 Å². The molecule has 80 valence electrons. The van der Waals surface area contributed by atoms with E-state index in [1.165, 1.54) is 6.07 Å². The van der Waals surface area contributed by atoms with E-state index in [0.717, 1.165) is 0 Å². The smallest absolute Gasteiger partial charge is 0.170 e. The molecule has 1 aliphatic rings. The van der Waals surface area contributed by atoms with Crippen LogP contribution in [0.15, 0.2) is 30.3 Å². The maximum Gasteiger partial charge on any atom is 0.170 e. The SMILES string of the molecule is O=C1CCOc2c1cc(F)c1ccccc21. The molecule has 1 heterocycles. The Morgan fingerprint density at radius 3 is 2.75 bits per heavy atom. The van der Waals surface area contributed by atoms with Crippen LogP contribution in [-0.2, 0) is 0 Å². The second-order valence-corrected chi connectivity index (χ2v) is 3.80. The molecule has 0 bridgehead atoms. The van der Waals surface area contributed by atoms with Crippen molar-refractivity contribution in [3.8, 4) is 5.75 Å². The summed E-state index contributed by atoms with van der Waals surface area (Å²) in [5, 5.41) is 1.17. The van der Waals surface area contributed by atoms with Crippen molar-refractivity contribution >= 4 is 16.6 Å². The normalized spacial score (nSPS) is 14.7. The quantitative estimate of drug-likeness (QED) is 0.676. The Morgan fingerprint density at radius 1 is 1.19 bits per heavy atom. The number of rotatable bonds is 0. The van der Waals surface area contributed by atoms with Gasteiger partial charge in [-0.2, -0.15) is 0 Å². The van der Waals surface area contributed by atoms with Crippen molar-refractivity contribution in [3.05, 3.63) is 41.7 Å². The maximum absolute atomic E-state index is 13.7. The van der Waals surface area contributed by atoms with Crippen LogP contribution in [0.3, 0.4) is 0 Å². The predicted octanol–water partition coefficient (Wildman–Crippen LogP) is 2.94. The Hall–Kier alpha value is -1.90. The van der Waals surface area contributed by atoms with Gasteiger partial charge in [0.1, 0.15) is 11.6 Å². The van der Waals surface area contributed by atoms with Gasteiger partial charge in [0, 0.05) is 17.2 Å². The first-order valence-corrected chi connectivity index (χ1v) is 5.14. The minimum Gasteiger partial charge on any atom is -0.492 e. The molecule has 0 amide bonds. The van der Waals surface area contributed by atoms with Crippen molar-refractivity contribution in [1.82, 2.24) is 0 Å². The molecule has 0 unspecified atom stereocenters. The molecule has 0 radical (unpaired) electrons. The molecule has 2 aromatic rings. The largest absolute Gasteiger partial charge is 0.492 e. The Labute approximate surface area is 91.6 Å². The molecular formula is C13H9FO2. The van der Waals surface area contributed by atoms with Gasteiger partial charge in [-0.05, 0) is 6.07 Å². The zero-order chi connectivity index (χ0) is 11.1. The first-order chi connectivity index (χ1) is 7.77. The zero-order valence-electron chi connectivity index (χ0n) is 8.50. The first kappa shape index (κ1) is 9.33. The van der Waals surface area contributed by atoms with Crippen LogP contribution in [0.1, 0.15) is 16.8 Å². The molecule has 2 aromatic carbocycles. The highest BCUT2D eigenvalue weighted by Crippen LogP contribution is 2.34. The van der Waals surface area contributed by atoms with Gasteiger partial charge in [-0.25, -0.2) is 4.39 Å². The average molecular weight is 216 g/mol. The topological polar surface area (TPSA) is 26.3 Å². The summed E-state index contributed by atoms with van der Waals surface area (Å²) >= 11 is 0. The van der Waals surface area contributed by atoms with Crippen LogP contribution in [-0.4, -0.2) is 12.4 Å². The van der Waals surface area contributed by atoms with E-state index in [-0.39, 0.29) is 11.6 Å². The third-order valence-electron chi connectivity index (χ3n) is 2.82. The third kappa shape index (κ3) is 1.21. The number of hydrogen-bond acceptors (Lipinski definition) is 2. The van der Waals surface area contributed by atoms with Gasteiger partial charge < -0.3 is 4.74 Å². The summed E-state index contributed by atoms with van der Waals surface area (Å²) in [6.07, 6.45) is 0.324. The van der Waals surface area contributed by atoms with Crippen molar-refractivity contribution in [2.45, 2.75) is 6.42 Å². The number of carbonyl (C=O) groups excluding carboxylic acids is 1. The Kier molecular flexibility index (Phi) is 1.93. The zero-order valence-corrected chi connectivity index (χ0v) is 8.50. The lowest BCUT2D eigenvalue weighted by molar-refractivity contribution is 0.0934. The minimum absolute atomic E-state index is 0.0501. The van der Waals surface area contributed by atoms with Crippen LogP contribution in [0.4, 0.5) is 4.39 Å². The third-order valence-corrected chi connectivity index (χ3v) is 2.82. The van der Waals surface area contributed by atoms with E-state index in [2.05, 4.69) is 0 Å². The molecule has 0 fully saturated rings. The van der Waals surface area contributed by atoms with E-state index in [1.54, 1.807) is 18.2 Å². The van der Waals surface area contributed by atoms with E-state index in [4.69, 9.17) is 4.74 Å². The lowest BCUT2D eigenvalue weighted by Gasteiger charge is -2.18. The van der Waals surface area contributed by atoms with Crippen molar-refractivity contribution in [1.29, 1.82) is 0 Å². The fourth-order valence-corrected chi connectivity index (χ4v) is 2.05. The second kappa shape index (κ2) is 3.30. The van der Waals surface area contributed by atoms with Gasteiger partial charge in [-0.15, -0.1) is 0 Å². The first-order valence-electron chi connectivity index (χ1n) is 5.14. The Morgan fingerprint density at radius 2 is 1.94 bits per heavy atom. The second-order valence-electron chi connectivity index (χ2n) is 3.80. The van der Waals surface area contributed by atoms with Gasteiger partial charge >= 0.3 is 0 Å². The molecule has 0 spiro atoms. The molecule has 0 N–H and O–H groups in total. The summed E-state index contributed by atoms with van der Waals surface area (Å²) in [5.74, 6) is 0.104. The maximum atomic E-state index is 13.7. The summed E-state index contributed by atoms with van der Waals surface area (Å²) < 4.78 is 19.2. The Bertz CT molecular complexity index is 590. The number of benzene rings is 2. The van der Waals surface area contributed by atoms with Crippen molar-refractivity contribution in [2.75, 3.05) is 6.61 Å². The summed E-state index contributed by atoms with van der Waals surface area (Å²) in [6, 6.07) is 8.31. The molecule has 16 heavy (non-hydrogen) atoms. The van der Waals surface area contributed by atoms with Crippen molar-refractivity contribution in [3.63, 3.8) is 0 Å². The fraction of sp³-hybridized carbons (Fsp3) is 0.154. The van der Waals surface area contributed by atoms with Crippen LogP contribution in [0.2, 0.25) is 0 Å². The summed E-state index contributed by atoms with van der Waals surface area (Å²) in [7, 11) is 0. The molecule has 3 rings (SSSR count). The highest BCUT2D eigenvalue weighted by molar-refractivity contribution is 6.05. The number of fused-ring (bicyclic) bond motifs is 3. The summed E-state index contributed by atoms with van der Waals surface area (Å²) in [4.78, 5) is 11.6. The van der Waals surface area contributed by atoms with Gasteiger partial charge in [-0.3, -0.25) is 4.79 Å². The summed E-state index contributed by atoms with van der Waals surface area (Å²) in [5.41, 5.74) is 0.363. The molecule has 1 aliphatic heterocycles. The number of hydrogen-bond donors (Lipinski definition) is 0. The van der Waals surface area contributed by atoms with Gasteiger partial charge in [0.2, 0.25) is 0 Å². The van der Waals surface area contributed by atoms with Gasteiger partial charge in [0.05, 0.1) is 12.2 Å². The predicted molar refractivity (Wildman–Crippen MR) is 58.3 cm³/mol. The highest BCUT2D eigenvalue weighted by atomic mass is 19.1. The number of ether oxygens (including phenoxy) is 1. The summed E-state index contributed by atoms with van der Waals surface area (Å²) in [6.45, 7) is 0.376. The number of halogens is 1. The van der Waals surface area contributed by atoms with Crippen LogP contribution in [0.5, 0.6) is 5.75 Å². The molecule has 0 saturated heterocycles.